The van der Waals surface area contributed by atoms with Gasteiger partial charge >= 0.3 is 0 Å². The Morgan fingerprint density at radius 1 is 1.30 bits per heavy atom. The molecule has 1 aliphatic rings. The molecule has 0 aliphatic heterocycles. The van der Waals surface area contributed by atoms with E-state index in [0.717, 1.165) is 29.0 Å². The predicted octanol–water partition coefficient (Wildman–Crippen LogP) is 2.27. The number of aromatic nitrogens is 4. The van der Waals surface area contributed by atoms with Gasteiger partial charge in [0.2, 0.25) is 5.91 Å². The average Bonchev–Trinajstić information content (AvgIpc) is 3.05. The van der Waals surface area contributed by atoms with Gasteiger partial charge in [0.15, 0.2) is 6.04 Å². The summed E-state index contributed by atoms with van der Waals surface area (Å²) in [6, 6.07) is 9.45. The van der Waals surface area contributed by atoms with E-state index in [2.05, 4.69) is 20.6 Å². The highest BCUT2D eigenvalue weighted by Crippen LogP contribution is 2.25. The first-order valence-corrected chi connectivity index (χ1v) is 8.35. The van der Waals surface area contributed by atoms with Gasteiger partial charge in [-0.1, -0.05) is 35.5 Å². The van der Waals surface area contributed by atoms with Gasteiger partial charge in [0.05, 0.1) is 16.6 Å². The van der Waals surface area contributed by atoms with Crippen LogP contribution in [0.25, 0.3) is 10.6 Å². The van der Waals surface area contributed by atoms with Crippen LogP contribution in [0.1, 0.15) is 24.4 Å². The van der Waals surface area contributed by atoms with Crippen LogP contribution in [-0.4, -0.2) is 31.9 Å². The molecule has 1 aliphatic carbocycles. The van der Waals surface area contributed by atoms with Crippen molar-refractivity contribution in [1.82, 2.24) is 25.3 Å². The van der Waals surface area contributed by atoms with Crippen molar-refractivity contribution in [3.63, 3.8) is 0 Å². The van der Waals surface area contributed by atoms with E-state index in [1.165, 1.54) is 11.3 Å². The number of rotatable bonds is 5. The number of thiazole rings is 1. The number of hydrogen-bond acceptors (Lipinski definition) is 5. The monoisotopic (exact) mass is 325 g/mol. The van der Waals surface area contributed by atoms with E-state index in [0.29, 0.717) is 6.04 Å². The average molecular weight is 325 g/mol. The molecule has 116 valence electrons. The quantitative estimate of drug-likeness (QED) is 0.781. The van der Waals surface area contributed by atoms with Crippen LogP contribution < -0.4 is 5.32 Å². The maximum Gasteiger partial charge on any atom is 0.249 e. The maximum atomic E-state index is 12.7. The molecule has 0 radical (unpaired) electrons. The third-order valence-electron chi connectivity index (χ3n) is 3.75. The first-order chi connectivity index (χ1) is 11.3. The number of nitrogens with one attached hydrogen (secondary N) is 1. The second-order valence-electron chi connectivity index (χ2n) is 5.55. The summed E-state index contributed by atoms with van der Waals surface area (Å²) in [5, 5.41) is 11.4. The molecule has 1 unspecified atom stereocenters. The van der Waals surface area contributed by atoms with Gasteiger partial charge in [-0.2, -0.15) is 0 Å². The fourth-order valence-electron chi connectivity index (χ4n) is 2.43. The van der Waals surface area contributed by atoms with E-state index in [9.17, 15) is 4.79 Å². The van der Waals surface area contributed by atoms with Crippen molar-refractivity contribution in [2.24, 2.45) is 0 Å². The molecule has 1 atom stereocenters. The summed E-state index contributed by atoms with van der Waals surface area (Å²) in [6.07, 6.45) is 5.66. The summed E-state index contributed by atoms with van der Waals surface area (Å²) in [7, 11) is 0. The summed E-state index contributed by atoms with van der Waals surface area (Å²) >= 11 is 1.50. The SMILES string of the molecule is O=C(NC1CC1)C(c1ccccc1)n1cc(-c2cncs2)nn1. The van der Waals surface area contributed by atoms with Crippen LogP contribution in [0.4, 0.5) is 0 Å². The molecule has 1 fully saturated rings. The highest BCUT2D eigenvalue weighted by atomic mass is 32.1. The molecular weight excluding hydrogens is 310 g/mol. The third-order valence-corrected chi connectivity index (χ3v) is 4.54. The molecule has 1 amide bonds. The van der Waals surface area contributed by atoms with Crippen LogP contribution >= 0.6 is 11.3 Å². The zero-order valence-corrected chi connectivity index (χ0v) is 13.1. The number of carbonyl (C=O) groups excluding carboxylic acids is 1. The van der Waals surface area contributed by atoms with Crippen molar-refractivity contribution in [2.45, 2.75) is 24.9 Å². The molecule has 6 nitrogen and oxygen atoms in total. The van der Waals surface area contributed by atoms with E-state index in [-0.39, 0.29) is 5.91 Å². The fourth-order valence-corrected chi connectivity index (χ4v) is 3.00. The molecule has 7 heteroatoms. The zero-order chi connectivity index (χ0) is 15.6. The Balaban J connectivity index is 1.68. The Labute approximate surface area is 137 Å². The summed E-state index contributed by atoms with van der Waals surface area (Å²) in [5.74, 6) is -0.0422. The van der Waals surface area contributed by atoms with Crippen molar-refractivity contribution in [1.29, 1.82) is 0 Å². The van der Waals surface area contributed by atoms with Crippen molar-refractivity contribution >= 4 is 17.2 Å². The molecule has 1 N–H and O–H groups in total. The Morgan fingerprint density at radius 3 is 2.83 bits per heavy atom. The van der Waals surface area contributed by atoms with Gasteiger partial charge in [-0.25, -0.2) is 4.68 Å². The molecule has 0 spiro atoms. The highest BCUT2D eigenvalue weighted by molar-refractivity contribution is 7.13. The van der Waals surface area contributed by atoms with Crippen LogP contribution in [0, 0.1) is 0 Å². The van der Waals surface area contributed by atoms with E-state index in [1.54, 1.807) is 22.6 Å². The maximum absolute atomic E-state index is 12.7. The lowest BCUT2D eigenvalue weighted by Crippen LogP contribution is -2.35. The molecule has 2 heterocycles. The van der Waals surface area contributed by atoms with Gasteiger partial charge in [0.25, 0.3) is 0 Å². The van der Waals surface area contributed by atoms with Gasteiger partial charge in [0.1, 0.15) is 5.69 Å². The molecule has 1 aromatic carbocycles. The van der Waals surface area contributed by atoms with E-state index < -0.39 is 6.04 Å². The molecule has 23 heavy (non-hydrogen) atoms. The van der Waals surface area contributed by atoms with Gasteiger partial charge in [-0.05, 0) is 18.4 Å². The fraction of sp³-hybridized carbons (Fsp3) is 0.250. The van der Waals surface area contributed by atoms with Gasteiger partial charge in [-0.3, -0.25) is 9.78 Å². The Hall–Kier alpha value is -2.54. The van der Waals surface area contributed by atoms with Gasteiger partial charge in [-0.15, -0.1) is 16.4 Å². The Morgan fingerprint density at radius 2 is 2.13 bits per heavy atom. The Bertz CT molecular complexity index is 795. The smallest absolute Gasteiger partial charge is 0.249 e. The standard InChI is InChI=1S/C16H15N5OS/c22-16(18-12-6-7-12)15(11-4-2-1-3-5-11)21-9-13(19-20-21)14-8-17-10-23-14/h1-5,8-10,12,15H,6-7H2,(H,18,22). The molecular formula is C16H15N5OS. The number of amides is 1. The highest BCUT2D eigenvalue weighted by Gasteiger charge is 2.30. The summed E-state index contributed by atoms with van der Waals surface area (Å²) in [5.41, 5.74) is 3.38. The normalized spacial score (nSPS) is 15.3. The number of nitrogens with zero attached hydrogens (tertiary/aromatic N) is 4. The minimum Gasteiger partial charge on any atom is -0.351 e. The largest absolute Gasteiger partial charge is 0.351 e. The number of hydrogen-bond donors (Lipinski definition) is 1. The van der Waals surface area contributed by atoms with Crippen molar-refractivity contribution in [3.8, 4) is 10.6 Å². The van der Waals surface area contributed by atoms with Crippen LogP contribution in [0.2, 0.25) is 0 Å². The van der Waals surface area contributed by atoms with Gasteiger partial charge in [0, 0.05) is 12.2 Å². The second-order valence-corrected chi connectivity index (χ2v) is 6.43. The number of carbonyl (C=O) groups is 1. The lowest BCUT2D eigenvalue weighted by molar-refractivity contribution is -0.123. The first-order valence-electron chi connectivity index (χ1n) is 7.47. The molecule has 2 aromatic heterocycles. The molecule has 0 bridgehead atoms. The van der Waals surface area contributed by atoms with E-state index >= 15 is 0 Å². The summed E-state index contributed by atoms with van der Waals surface area (Å²) < 4.78 is 1.63. The molecule has 4 rings (SSSR count). The van der Waals surface area contributed by atoms with E-state index in [1.807, 2.05) is 30.3 Å². The van der Waals surface area contributed by atoms with Crippen LogP contribution in [-0.2, 0) is 4.79 Å². The third kappa shape index (κ3) is 3.00. The van der Waals surface area contributed by atoms with Crippen LogP contribution in [0.15, 0.2) is 48.2 Å². The molecule has 1 saturated carbocycles. The Kier molecular flexibility index (Phi) is 3.63. The van der Waals surface area contributed by atoms with Crippen molar-refractivity contribution in [3.05, 3.63) is 53.8 Å². The summed E-state index contributed by atoms with van der Waals surface area (Å²) in [6.45, 7) is 0. The van der Waals surface area contributed by atoms with Crippen LogP contribution in [0.3, 0.4) is 0 Å². The minimum absolute atomic E-state index is 0.0422. The van der Waals surface area contributed by atoms with Gasteiger partial charge < -0.3 is 5.32 Å². The van der Waals surface area contributed by atoms with Crippen molar-refractivity contribution in [2.75, 3.05) is 0 Å². The minimum atomic E-state index is -0.508. The lowest BCUT2D eigenvalue weighted by Gasteiger charge is -2.17. The van der Waals surface area contributed by atoms with E-state index in [4.69, 9.17) is 0 Å². The first kappa shape index (κ1) is 14.1. The predicted molar refractivity (Wildman–Crippen MR) is 86.9 cm³/mol. The topological polar surface area (TPSA) is 72.7 Å². The van der Waals surface area contributed by atoms with Crippen LogP contribution in [0.5, 0.6) is 0 Å². The summed E-state index contributed by atoms with van der Waals surface area (Å²) in [4.78, 5) is 17.7. The second kappa shape index (κ2) is 5.92. The lowest BCUT2D eigenvalue weighted by atomic mass is 10.1. The molecule has 3 aromatic rings. The van der Waals surface area contributed by atoms with Crippen molar-refractivity contribution < 1.29 is 4.79 Å². The zero-order valence-electron chi connectivity index (χ0n) is 12.3. The number of benzene rings is 1. The molecule has 0 saturated heterocycles.